The van der Waals surface area contributed by atoms with Crippen molar-refractivity contribution in [3.05, 3.63) is 11.7 Å². The molecule has 2 amide bonds. The van der Waals surface area contributed by atoms with Gasteiger partial charge < -0.3 is 19.1 Å². The van der Waals surface area contributed by atoms with Crippen LogP contribution in [0, 0.1) is 5.92 Å². The number of esters is 1. The molecule has 9 heteroatoms. The van der Waals surface area contributed by atoms with E-state index in [1.165, 1.54) is 4.90 Å². The Kier molecular flexibility index (Phi) is 8.37. The van der Waals surface area contributed by atoms with Gasteiger partial charge in [0.15, 0.2) is 5.82 Å². The van der Waals surface area contributed by atoms with Crippen molar-refractivity contribution in [1.82, 2.24) is 19.9 Å². The Balaban J connectivity index is 1.70. The predicted molar refractivity (Wildman–Crippen MR) is 110 cm³/mol. The van der Waals surface area contributed by atoms with Gasteiger partial charge in [-0.2, -0.15) is 4.98 Å². The minimum absolute atomic E-state index is 0.0393. The van der Waals surface area contributed by atoms with Gasteiger partial charge in [-0.1, -0.05) is 25.9 Å². The maximum atomic E-state index is 12.5. The molecule has 0 saturated carbocycles. The van der Waals surface area contributed by atoms with Crippen LogP contribution in [-0.4, -0.2) is 71.0 Å². The second-order valence-electron chi connectivity index (χ2n) is 8.77. The van der Waals surface area contributed by atoms with Gasteiger partial charge in [0.25, 0.3) is 0 Å². The molecular formula is C21H34N4O5. The number of amides is 2. The van der Waals surface area contributed by atoms with E-state index < -0.39 is 0 Å². The lowest BCUT2D eigenvalue weighted by atomic mass is 9.96. The van der Waals surface area contributed by atoms with Gasteiger partial charge in [0, 0.05) is 38.4 Å². The fraction of sp³-hybridized carbons (Fsp3) is 0.762. The van der Waals surface area contributed by atoms with Gasteiger partial charge in [-0.05, 0) is 26.2 Å². The van der Waals surface area contributed by atoms with Crippen LogP contribution in [0.1, 0.15) is 65.1 Å². The van der Waals surface area contributed by atoms with Gasteiger partial charge in [0.2, 0.25) is 17.7 Å². The first-order valence-electron chi connectivity index (χ1n) is 10.6. The molecule has 168 valence electrons. The van der Waals surface area contributed by atoms with Crippen LogP contribution in [0.15, 0.2) is 4.52 Å². The van der Waals surface area contributed by atoms with Gasteiger partial charge >= 0.3 is 5.97 Å². The second-order valence-corrected chi connectivity index (χ2v) is 8.77. The third-order valence-electron chi connectivity index (χ3n) is 5.19. The Hall–Kier alpha value is -2.45. The average Bonchev–Trinajstić information content (AvgIpc) is 3.17. The third kappa shape index (κ3) is 6.81. The Morgan fingerprint density at radius 3 is 2.47 bits per heavy atom. The first kappa shape index (κ1) is 23.8. The van der Waals surface area contributed by atoms with E-state index in [2.05, 4.69) is 10.1 Å². The van der Waals surface area contributed by atoms with E-state index in [1.807, 2.05) is 20.8 Å². The van der Waals surface area contributed by atoms with E-state index in [0.717, 1.165) is 0 Å². The fourth-order valence-electron chi connectivity index (χ4n) is 3.26. The number of hydrogen-bond acceptors (Lipinski definition) is 7. The number of likely N-dealkylation sites (N-methyl/N-ethyl adjacent to an activating group) is 1. The monoisotopic (exact) mass is 422 g/mol. The Bertz CT molecular complexity index is 732. The number of rotatable bonds is 8. The van der Waals surface area contributed by atoms with E-state index >= 15 is 0 Å². The first-order valence-corrected chi connectivity index (χ1v) is 10.6. The molecule has 1 aliphatic heterocycles. The number of aromatic nitrogens is 2. The zero-order chi connectivity index (χ0) is 22.3. The zero-order valence-electron chi connectivity index (χ0n) is 18.8. The Morgan fingerprint density at radius 1 is 1.23 bits per heavy atom. The smallest absolute Gasteiger partial charge is 0.309 e. The molecule has 0 bridgehead atoms. The van der Waals surface area contributed by atoms with Crippen LogP contribution >= 0.6 is 0 Å². The van der Waals surface area contributed by atoms with Crippen LogP contribution in [-0.2, 0) is 31.0 Å². The summed E-state index contributed by atoms with van der Waals surface area (Å²) in [7, 11) is 1.63. The Labute approximate surface area is 178 Å². The number of likely N-dealkylation sites (tertiary alicyclic amines) is 1. The Morgan fingerprint density at radius 2 is 1.90 bits per heavy atom. The minimum Gasteiger partial charge on any atom is -0.466 e. The van der Waals surface area contributed by atoms with Gasteiger partial charge in [-0.3, -0.25) is 14.4 Å². The highest BCUT2D eigenvalue weighted by molar-refractivity contribution is 5.85. The molecule has 9 nitrogen and oxygen atoms in total. The van der Waals surface area contributed by atoms with Gasteiger partial charge in [0.05, 0.1) is 19.1 Å². The number of carbonyl (C=O) groups excluding carboxylic acids is 3. The summed E-state index contributed by atoms with van der Waals surface area (Å²) < 4.78 is 10.3. The quantitative estimate of drug-likeness (QED) is 0.590. The number of aryl methyl sites for hydroxylation is 1. The highest BCUT2D eigenvalue weighted by Crippen LogP contribution is 2.20. The largest absolute Gasteiger partial charge is 0.466 e. The van der Waals surface area contributed by atoms with Crippen molar-refractivity contribution in [2.45, 2.75) is 65.2 Å². The summed E-state index contributed by atoms with van der Waals surface area (Å²) in [5.74, 6) is 0.652. The molecule has 2 heterocycles. The molecule has 1 aromatic heterocycles. The summed E-state index contributed by atoms with van der Waals surface area (Å²) in [6.45, 7) is 9.25. The molecule has 0 aromatic carbocycles. The molecule has 30 heavy (non-hydrogen) atoms. The number of carbonyl (C=O) groups is 3. The van der Waals surface area contributed by atoms with E-state index in [0.29, 0.717) is 63.5 Å². The number of ether oxygens (including phenoxy) is 1. The van der Waals surface area contributed by atoms with E-state index in [4.69, 9.17) is 9.26 Å². The van der Waals surface area contributed by atoms with Gasteiger partial charge in [-0.25, -0.2) is 0 Å². The molecule has 0 unspecified atom stereocenters. The molecule has 1 aromatic rings. The minimum atomic E-state index is -0.187. The molecule has 0 aliphatic carbocycles. The lowest BCUT2D eigenvalue weighted by Gasteiger charge is -2.32. The average molecular weight is 423 g/mol. The van der Waals surface area contributed by atoms with E-state index in [1.54, 1.807) is 18.9 Å². The van der Waals surface area contributed by atoms with Crippen molar-refractivity contribution >= 4 is 17.8 Å². The van der Waals surface area contributed by atoms with E-state index in [9.17, 15) is 14.4 Å². The highest BCUT2D eigenvalue weighted by Gasteiger charge is 2.29. The molecule has 0 atom stereocenters. The molecule has 0 spiro atoms. The van der Waals surface area contributed by atoms with Crippen LogP contribution in [0.4, 0.5) is 0 Å². The molecule has 1 aliphatic rings. The second kappa shape index (κ2) is 10.5. The molecule has 1 fully saturated rings. The van der Waals surface area contributed by atoms with Crippen molar-refractivity contribution in [3.8, 4) is 0 Å². The van der Waals surface area contributed by atoms with Crippen LogP contribution in [0.3, 0.4) is 0 Å². The van der Waals surface area contributed by atoms with Crippen LogP contribution in [0.2, 0.25) is 0 Å². The lowest BCUT2D eigenvalue weighted by molar-refractivity contribution is -0.151. The maximum Gasteiger partial charge on any atom is 0.309 e. The summed E-state index contributed by atoms with van der Waals surface area (Å²) in [5, 5.41) is 3.98. The van der Waals surface area contributed by atoms with Crippen molar-refractivity contribution in [1.29, 1.82) is 0 Å². The summed E-state index contributed by atoms with van der Waals surface area (Å²) in [4.78, 5) is 44.2. The molecule has 0 N–H and O–H groups in total. The van der Waals surface area contributed by atoms with Crippen LogP contribution in [0.25, 0.3) is 0 Å². The maximum absolute atomic E-state index is 12.5. The normalized spacial score (nSPS) is 15.2. The molecule has 1 saturated heterocycles. The molecule has 2 rings (SSSR count). The standard InChI is InChI=1S/C21H34N4O5/c1-6-29-19(28)15-10-12-25(13-11-15)18(27)14-24(5)17(26)9-7-8-16-22-20(23-30-16)21(2,3)4/h15H,6-14H2,1-5H3. The topological polar surface area (TPSA) is 106 Å². The summed E-state index contributed by atoms with van der Waals surface area (Å²) in [6, 6.07) is 0. The predicted octanol–water partition coefficient (Wildman–Crippen LogP) is 1.95. The fourth-order valence-corrected chi connectivity index (χ4v) is 3.26. The van der Waals surface area contributed by atoms with Crippen LogP contribution < -0.4 is 0 Å². The van der Waals surface area contributed by atoms with Gasteiger partial charge in [-0.15, -0.1) is 0 Å². The summed E-state index contributed by atoms with van der Waals surface area (Å²) in [5.41, 5.74) is -0.178. The van der Waals surface area contributed by atoms with Crippen LogP contribution in [0.5, 0.6) is 0 Å². The molecule has 0 radical (unpaired) electrons. The van der Waals surface area contributed by atoms with Crippen molar-refractivity contribution in [3.63, 3.8) is 0 Å². The highest BCUT2D eigenvalue weighted by atomic mass is 16.5. The number of hydrogen-bond donors (Lipinski definition) is 0. The van der Waals surface area contributed by atoms with E-state index in [-0.39, 0.29) is 35.7 Å². The summed E-state index contributed by atoms with van der Waals surface area (Å²) >= 11 is 0. The zero-order valence-corrected chi connectivity index (χ0v) is 18.8. The molecular weight excluding hydrogens is 388 g/mol. The first-order chi connectivity index (χ1) is 14.1. The number of piperidine rings is 1. The SMILES string of the molecule is CCOC(=O)C1CCN(C(=O)CN(C)C(=O)CCCc2nc(C(C)(C)C)no2)CC1. The van der Waals surface area contributed by atoms with Crippen molar-refractivity contribution in [2.24, 2.45) is 5.92 Å². The lowest BCUT2D eigenvalue weighted by Crippen LogP contribution is -2.45. The third-order valence-corrected chi connectivity index (χ3v) is 5.19. The van der Waals surface area contributed by atoms with Crippen molar-refractivity contribution in [2.75, 3.05) is 33.3 Å². The van der Waals surface area contributed by atoms with Crippen molar-refractivity contribution < 1.29 is 23.6 Å². The summed E-state index contributed by atoms with van der Waals surface area (Å²) in [6.07, 6.45) is 2.61. The van der Waals surface area contributed by atoms with Gasteiger partial charge in [0.1, 0.15) is 0 Å². The number of nitrogens with zero attached hydrogens (tertiary/aromatic N) is 4.